The van der Waals surface area contributed by atoms with Crippen LogP contribution in [0, 0.1) is 11.8 Å². The largest absolute Gasteiger partial charge is 0.481 e. The maximum absolute atomic E-state index is 13.1. The Kier molecular flexibility index (Phi) is 9.22. The van der Waals surface area contributed by atoms with E-state index < -0.39 is 17.7 Å². The molecule has 33 heavy (non-hydrogen) atoms. The molecule has 1 aliphatic heterocycles. The standard InChI is InChI=1S/C26H38F3NO3/c1-18(2)12-13-30(17-22-5-3-4-14-33-22)24-11-6-19(16-25(31)32)15-23(24)20-7-9-21(10-8-20)26(27,28)29/h7-10,18-19,22-24H,3-6,11-17H2,1-2H3,(H,31,32). The van der Waals surface area contributed by atoms with Crippen LogP contribution in [0.3, 0.4) is 0 Å². The van der Waals surface area contributed by atoms with Crippen LogP contribution in [0.2, 0.25) is 0 Å². The fourth-order valence-electron chi connectivity index (χ4n) is 5.42. The number of carboxylic acid groups (broad SMARTS) is 1. The zero-order valence-corrected chi connectivity index (χ0v) is 19.8. The lowest BCUT2D eigenvalue weighted by Crippen LogP contribution is -2.48. The van der Waals surface area contributed by atoms with Gasteiger partial charge in [-0.2, -0.15) is 13.2 Å². The van der Waals surface area contributed by atoms with Crippen molar-refractivity contribution in [1.82, 2.24) is 4.90 Å². The minimum atomic E-state index is -4.36. The molecule has 0 amide bonds. The molecule has 0 aromatic heterocycles. The Balaban J connectivity index is 1.85. The summed E-state index contributed by atoms with van der Waals surface area (Å²) in [6.07, 6.45) is 2.65. The van der Waals surface area contributed by atoms with E-state index in [1.54, 1.807) is 12.1 Å². The van der Waals surface area contributed by atoms with Crippen LogP contribution in [-0.2, 0) is 15.7 Å². The van der Waals surface area contributed by atoms with Gasteiger partial charge < -0.3 is 9.84 Å². The Hall–Kier alpha value is -1.60. The molecule has 7 heteroatoms. The maximum Gasteiger partial charge on any atom is 0.416 e. The van der Waals surface area contributed by atoms with E-state index in [2.05, 4.69) is 18.7 Å². The molecule has 1 aliphatic carbocycles. The van der Waals surface area contributed by atoms with E-state index in [-0.39, 0.29) is 30.4 Å². The lowest BCUT2D eigenvalue weighted by atomic mass is 9.72. The third-order valence-electron chi connectivity index (χ3n) is 7.23. The highest BCUT2D eigenvalue weighted by Gasteiger charge is 2.37. The van der Waals surface area contributed by atoms with E-state index in [9.17, 15) is 23.1 Å². The van der Waals surface area contributed by atoms with Crippen molar-refractivity contribution in [3.05, 3.63) is 35.4 Å². The maximum atomic E-state index is 13.1. The molecule has 3 rings (SSSR count). The van der Waals surface area contributed by atoms with Crippen LogP contribution in [0.1, 0.15) is 82.3 Å². The number of benzene rings is 1. The van der Waals surface area contributed by atoms with Gasteiger partial charge in [0.2, 0.25) is 0 Å². The molecule has 186 valence electrons. The molecule has 4 unspecified atom stereocenters. The molecule has 1 saturated heterocycles. The van der Waals surface area contributed by atoms with Crippen molar-refractivity contribution in [3.8, 4) is 0 Å². The first-order chi connectivity index (χ1) is 15.6. The van der Waals surface area contributed by atoms with Gasteiger partial charge in [-0.3, -0.25) is 9.69 Å². The molecule has 1 saturated carbocycles. The molecular weight excluding hydrogens is 431 g/mol. The summed E-state index contributed by atoms with van der Waals surface area (Å²) in [5, 5.41) is 9.33. The Bertz CT molecular complexity index is 744. The third-order valence-corrected chi connectivity index (χ3v) is 7.23. The second-order valence-corrected chi connectivity index (χ2v) is 10.2. The molecule has 4 nitrogen and oxygen atoms in total. The second-order valence-electron chi connectivity index (χ2n) is 10.2. The molecule has 0 bridgehead atoms. The third kappa shape index (κ3) is 7.71. The van der Waals surface area contributed by atoms with Gasteiger partial charge in [0.25, 0.3) is 0 Å². The summed E-state index contributed by atoms with van der Waals surface area (Å²) in [6.45, 7) is 6.94. The lowest BCUT2D eigenvalue weighted by molar-refractivity contribution is -0.139. The molecule has 0 spiro atoms. The summed E-state index contributed by atoms with van der Waals surface area (Å²) >= 11 is 0. The number of carbonyl (C=O) groups is 1. The summed E-state index contributed by atoms with van der Waals surface area (Å²) in [5.74, 6) is -0.199. The van der Waals surface area contributed by atoms with E-state index in [0.29, 0.717) is 12.3 Å². The molecule has 2 fully saturated rings. The summed E-state index contributed by atoms with van der Waals surface area (Å²) in [5.41, 5.74) is 0.232. The van der Waals surface area contributed by atoms with Crippen molar-refractivity contribution in [2.75, 3.05) is 19.7 Å². The summed E-state index contributed by atoms with van der Waals surface area (Å²) < 4.78 is 45.4. The number of rotatable bonds is 9. The number of hydrogen-bond acceptors (Lipinski definition) is 3. The van der Waals surface area contributed by atoms with E-state index in [1.807, 2.05) is 0 Å². The van der Waals surface area contributed by atoms with Gasteiger partial charge in [0.1, 0.15) is 0 Å². The monoisotopic (exact) mass is 469 g/mol. The van der Waals surface area contributed by atoms with Gasteiger partial charge in [-0.05, 0) is 86.9 Å². The van der Waals surface area contributed by atoms with Gasteiger partial charge in [0.05, 0.1) is 11.7 Å². The Morgan fingerprint density at radius 3 is 2.45 bits per heavy atom. The van der Waals surface area contributed by atoms with Gasteiger partial charge in [-0.15, -0.1) is 0 Å². The summed E-state index contributed by atoms with van der Waals surface area (Å²) in [4.78, 5) is 13.9. The first-order valence-corrected chi connectivity index (χ1v) is 12.4. The molecular formula is C26H38F3NO3. The van der Waals surface area contributed by atoms with Crippen LogP contribution in [0.15, 0.2) is 24.3 Å². The van der Waals surface area contributed by atoms with Crippen LogP contribution in [0.5, 0.6) is 0 Å². The van der Waals surface area contributed by atoms with Gasteiger partial charge >= 0.3 is 12.1 Å². The number of aliphatic carboxylic acids is 1. The highest BCUT2D eigenvalue weighted by Crippen LogP contribution is 2.42. The van der Waals surface area contributed by atoms with Crippen LogP contribution in [-0.4, -0.2) is 47.8 Å². The van der Waals surface area contributed by atoms with Crippen LogP contribution >= 0.6 is 0 Å². The Morgan fingerprint density at radius 2 is 1.88 bits per heavy atom. The molecule has 1 aromatic rings. The van der Waals surface area contributed by atoms with Crippen LogP contribution < -0.4 is 0 Å². The predicted octanol–water partition coefficient (Wildman–Crippen LogP) is 6.35. The normalized spacial score (nSPS) is 26.6. The van der Waals surface area contributed by atoms with Crippen molar-refractivity contribution in [2.24, 2.45) is 11.8 Å². The molecule has 0 radical (unpaired) electrons. The van der Waals surface area contributed by atoms with Crippen molar-refractivity contribution in [2.45, 2.75) is 89.5 Å². The fraction of sp³-hybridized carbons (Fsp3) is 0.731. The van der Waals surface area contributed by atoms with Gasteiger partial charge in [-0.25, -0.2) is 0 Å². The highest BCUT2D eigenvalue weighted by atomic mass is 19.4. The first kappa shape index (κ1) is 26.0. The zero-order chi connectivity index (χ0) is 24.0. The minimum absolute atomic E-state index is 0.0149. The van der Waals surface area contributed by atoms with Crippen LogP contribution in [0.4, 0.5) is 13.2 Å². The average molecular weight is 470 g/mol. The van der Waals surface area contributed by atoms with E-state index in [1.165, 1.54) is 0 Å². The molecule has 4 atom stereocenters. The van der Waals surface area contributed by atoms with E-state index in [4.69, 9.17) is 4.74 Å². The number of carboxylic acids is 1. The molecule has 1 heterocycles. The van der Waals surface area contributed by atoms with Gasteiger partial charge in [-0.1, -0.05) is 26.0 Å². The predicted molar refractivity (Wildman–Crippen MR) is 122 cm³/mol. The molecule has 1 N–H and O–H groups in total. The lowest BCUT2D eigenvalue weighted by Gasteiger charge is -2.44. The number of ether oxygens (including phenoxy) is 1. The zero-order valence-electron chi connectivity index (χ0n) is 19.8. The number of hydrogen-bond donors (Lipinski definition) is 1. The van der Waals surface area contributed by atoms with Crippen molar-refractivity contribution >= 4 is 5.97 Å². The average Bonchev–Trinajstić information content (AvgIpc) is 2.76. The Labute approximate surface area is 195 Å². The number of alkyl halides is 3. The van der Waals surface area contributed by atoms with Crippen molar-refractivity contribution < 1.29 is 27.8 Å². The quantitative estimate of drug-likeness (QED) is 0.458. The van der Waals surface area contributed by atoms with Gasteiger partial charge in [0, 0.05) is 25.6 Å². The topological polar surface area (TPSA) is 49.8 Å². The van der Waals surface area contributed by atoms with Crippen molar-refractivity contribution in [3.63, 3.8) is 0 Å². The molecule has 2 aliphatic rings. The van der Waals surface area contributed by atoms with E-state index >= 15 is 0 Å². The molecule has 1 aromatic carbocycles. The summed E-state index contributed by atoms with van der Waals surface area (Å²) in [7, 11) is 0. The smallest absolute Gasteiger partial charge is 0.416 e. The first-order valence-electron chi connectivity index (χ1n) is 12.4. The summed E-state index contributed by atoms with van der Waals surface area (Å²) in [6, 6.07) is 5.70. The SMILES string of the molecule is CC(C)CCN(CC1CCCCO1)C1CCC(CC(=O)O)CC1c1ccc(C(F)(F)F)cc1. The second kappa shape index (κ2) is 11.7. The van der Waals surface area contributed by atoms with Crippen LogP contribution in [0.25, 0.3) is 0 Å². The fourth-order valence-corrected chi connectivity index (χ4v) is 5.42. The van der Waals surface area contributed by atoms with Gasteiger partial charge in [0.15, 0.2) is 0 Å². The Morgan fingerprint density at radius 1 is 1.15 bits per heavy atom. The minimum Gasteiger partial charge on any atom is -0.481 e. The number of nitrogens with zero attached hydrogens (tertiary/aromatic N) is 1. The number of halogens is 3. The highest BCUT2D eigenvalue weighted by molar-refractivity contribution is 5.67. The van der Waals surface area contributed by atoms with E-state index in [0.717, 1.165) is 75.9 Å². The van der Waals surface area contributed by atoms with Crippen molar-refractivity contribution in [1.29, 1.82) is 0 Å².